The van der Waals surface area contributed by atoms with Crippen LogP contribution >= 0.6 is 0 Å². The first kappa shape index (κ1) is 22.0. The molecule has 0 bridgehead atoms. The zero-order chi connectivity index (χ0) is 22.6. The summed E-state index contributed by atoms with van der Waals surface area (Å²) in [4.78, 5) is 23.0. The lowest BCUT2D eigenvalue weighted by Gasteiger charge is -2.13. The predicted molar refractivity (Wildman–Crippen MR) is 91.6 cm³/mol. The number of carbonyl (C=O) groups is 1. The van der Waals surface area contributed by atoms with Crippen LogP contribution < -0.4 is 0 Å². The Morgan fingerprint density at radius 1 is 0.968 bits per heavy atom. The maximum absolute atomic E-state index is 13.0. The van der Waals surface area contributed by atoms with Gasteiger partial charge in [0.15, 0.2) is 11.6 Å². The van der Waals surface area contributed by atoms with Crippen LogP contribution in [0.5, 0.6) is 0 Å². The zero-order valence-corrected chi connectivity index (χ0v) is 15.3. The lowest BCUT2D eigenvalue weighted by atomic mass is 10.0. The Labute approximate surface area is 169 Å². The molecule has 0 fully saturated rings. The lowest BCUT2D eigenvalue weighted by Crippen LogP contribution is -2.11. The van der Waals surface area contributed by atoms with Crippen molar-refractivity contribution >= 4 is 11.7 Å². The quantitative estimate of drug-likeness (QED) is 0.428. The van der Waals surface area contributed by atoms with Gasteiger partial charge < -0.3 is 0 Å². The molecular formula is C17H11F6N7O. The first-order valence-corrected chi connectivity index (χ1v) is 8.42. The van der Waals surface area contributed by atoms with Gasteiger partial charge in [0.25, 0.3) is 5.91 Å². The van der Waals surface area contributed by atoms with Crippen molar-refractivity contribution in [1.29, 1.82) is 0 Å². The molecule has 3 aromatic rings. The minimum Gasteiger partial charge on any atom is -0.271 e. The van der Waals surface area contributed by atoms with Crippen LogP contribution in [0.4, 0.5) is 32.2 Å². The van der Waals surface area contributed by atoms with E-state index in [4.69, 9.17) is 0 Å². The Morgan fingerprint density at radius 2 is 1.65 bits per heavy atom. The zero-order valence-electron chi connectivity index (χ0n) is 15.3. The molecule has 0 aliphatic rings. The molecule has 0 radical (unpaired) electrons. The molecule has 0 N–H and O–H groups in total. The number of aryl methyl sites for hydroxylation is 1. The summed E-state index contributed by atoms with van der Waals surface area (Å²) in [7, 11) is 0. The summed E-state index contributed by atoms with van der Waals surface area (Å²) in [6.07, 6.45) is -5.04. The monoisotopic (exact) mass is 443 g/mol. The molecule has 3 rings (SSSR count). The molecule has 2 heterocycles. The van der Waals surface area contributed by atoms with Crippen molar-refractivity contribution in [2.45, 2.75) is 25.3 Å². The summed E-state index contributed by atoms with van der Waals surface area (Å²) in [6, 6.07) is 1.06. The van der Waals surface area contributed by atoms with Crippen LogP contribution in [0.2, 0.25) is 0 Å². The summed E-state index contributed by atoms with van der Waals surface area (Å²) in [6.45, 7) is -0.0730. The van der Waals surface area contributed by atoms with Crippen LogP contribution in [0.15, 0.2) is 53.3 Å². The number of alkyl halides is 6. The van der Waals surface area contributed by atoms with Crippen LogP contribution in [0.3, 0.4) is 0 Å². The number of azo groups is 1. The third-order valence-corrected chi connectivity index (χ3v) is 3.75. The number of hydrogen-bond acceptors (Lipinski definition) is 6. The highest BCUT2D eigenvalue weighted by atomic mass is 19.4. The number of aromatic nitrogens is 5. The third-order valence-electron chi connectivity index (χ3n) is 3.75. The molecule has 0 spiro atoms. The van der Waals surface area contributed by atoms with E-state index in [-0.39, 0.29) is 30.7 Å². The van der Waals surface area contributed by atoms with Crippen LogP contribution in [-0.4, -0.2) is 30.6 Å². The number of nitrogens with zero attached hydrogens (tertiary/aromatic N) is 7. The molecule has 14 heteroatoms. The normalized spacial score (nSPS) is 12.5. The minimum absolute atomic E-state index is 0.0152. The fourth-order valence-corrected chi connectivity index (χ4v) is 2.33. The van der Waals surface area contributed by atoms with Crippen molar-refractivity contribution in [2.75, 3.05) is 0 Å². The summed E-state index contributed by atoms with van der Waals surface area (Å²) < 4.78 is 79.0. The average Bonchev–Trinajstić information content (AvgIpc) is 3.19. The van der Waals surface area contributed by atoms with E-state index in [1.807, 2.05) is 0 Å². The second-order valence-corrected chi connectivity index (χ2v) is 6.03. The number of amides is 1. The molecule has 2 aromatic heterocycles. The van der Waals surface area contributed by atoms with Gasteiger partial charge in [0, 0.05) is 18.0 Å². The van der Waals surface area contributed by atoms with E-state index in [0.717, 1.165) is 11.0 Å². The van der Waals surface area contributed by atoms with Gasteiger partial charge in [-0.2, -0.15) is 31.4 Å². The Morgan fingerprint density at radius 3 is 2.23 bits per heavy atom. The molecule has 0 aliphatic carbocycles. The van der Waals surface area contributed by atoms with Crippen LogP contribution in [-0.2, 0) is 23.7 Å². The fourth-order valence-electron chi connectivity index (χ4n) is 2.33. The molecule has 0 saturated carbocycles. The van der Waals surface area contributed by atoms with Gasteiger partial charge in [0.05, 0.1) is 30.3 Å². The van der Waals surface area contributed by atoms with Gasteiger partial charge in [-0.25, -0.2) is 9.97 Å². The van der Waals surface area contributed by atoms with Gasteiger partial charge in [0.1, 0.15) is 6.33 Å². The topological polar surface area (TPSA) is 98.3 Å². The molecule has 0 atom stereocenters. The van der Waals surface area contributed by atoms with Gasteiger partial charge in [-0.3, -0.25) is 14.5 Å². The van der Waals surface area contributed by atoms with E-state index in [0.29, 0.717) is 12.1 Å². The smallest absolute Gasteiger partial charge is 0.271 e. The molecule has 162 valence electrons. The van der Waals surface area contributed by atoms with Crippen LogP contribution in [0.1, 0.15) is 17.5 Å². The standard InChI is InChI=1S/C17H11F6N7O/c18-16(19,20)11-5-10(6-12(7-11)17(21,22)23)15-26-9-30(29-15)4-1-14(31)28-27-13-8-24-2-3-25-13/h2-3,5-9H,1,4H2. The molecule has 31 heavy (non-hydrogen) atoms. The second-order valence-electron chi connectivity index (χ2n) is 6.03. The molecular weight excluding hydrogens is 432 g/mol. The Balaban J connectivity index is 1.74. The van der Waals surface area contributed by atoms with Crippen molar-refractivity contribution < 1.29 is 31.1 Å². The molecule has 0 aliphatic heterocycles. The van der Waals surface area contributed by atoms with E-state index < -0.39 is 35.0 Å². The van der Waals surface area contributed by atoms with Crippen molar-refractivity contribution in [3.05, 3.63) is 54.2 Å². The molecule has 1 amide bonds. The van der Waals surface area contributed by atoms with E-state index in [2.05, 4.69) is 30.3 Å². The lowest BCUT2D eigenvalue weighted by molar-refractivity contribution is -0.143. The van der Waals surface area contributed by atoms with Crippen molar-refractivity contribution in [3.8, 4) is 11.4 Å². The predicted octanol–water partition coefficient (Wildman–Crippen LogP) is 4.47. The first-order chi connectivity index (χ1) is 14.5. The van der Waals surface area contributed by atoms with Gasteiger partial charge in [0.2, 0.25) is 0 Å². The highest BCUT2D eigenvalue weighted by Gasteiger charge is 2.37. The Bertz CT molecular complexity index is 1060. The highest BCUT2D eigenvalue weighted by molar-refractivity contribution is 5.76. The van der Waals surface area contributed by atoms with E-state index in [1.165, 1.54) is 18.6 Å². The molecule has 1 aromatic carbocycles. The van der Waals surface area contributed by atoms with E-state index in [9.17, 15) is 31.1 Å². The van der Waals surface area contributed by atoms with Crippen LogP contribution in [0, 0.1) is 0 Å². The Hall–Kier alpha value is -3.71. The maximum Gasteiger partial charge on any atom is 0.416 e. The van der Waals surface area contributed by atoms with Gasteiger partial charge >= 0.3 is 12.4 Å². The molecule has 0 saturated heterocycles. The maximum atomic E-state index is 13.0. The summed E-state index contributed by atoms with van der Waals surface area (Å²) >= 11 is 0. The SMILES string of the molecule is O=C(CCn1cnc(-c2cc(C(F)(F)F)cc(C(F)(F)F)c2)n1)N=Nc1cnccn1. The van der Waals surface area contributed by atoms with Crippen LogP contribution in [0.25, 0.3) is 11.4 Å². The van der Waals surface area contributed by atoms with Gasteiger partial charge in [-0.05, 0) is 18.2 Å². The summed E-state index contributed by atoms with van der Waals surface area (Å²) in [5.41, 5.74) is -3.42. The average molecular weight is 443 g/mol. The number of benzene rings is 1. The number of rotatable bonds is 5. The summed E-state index contributed by atoms with van der Waals surface area (Å²) in [5, 5.41) is 10.8. The van der Waals surface area contributed by atoms with Crippen molar-refractivity contribution in [1.82, 2.24) is 24.7 Å². The van der Waals surface area contributed by atoms with Crippen molar-refractivity contribution in [2.24, 2.45) is 10.2 Å². The fraction of sp³-hybridized carbons (Fsp3) is 0.235. The van der Waals surface area contributed by atoms with Crippen molar-refractivity contribution in [3.63, 3.8) is 0 Å². The third kappa shape index (κ3) is 5.90. The van der Waals surface area contributed by atoms with Gasteiger partial charge in [-0.15, -0.1) is 10.2 Å². The number of hydrogen-bond donors (Lipinski definition) is 0. The van der Waals surface area contributed by atoms with Gasteiger partial charge in [-0.1, -0.05) is 0 Å². The highest BCUT2D eigenvalue weighted by Crippen LogP contribution is 2.38. The second kappa shape index (κ2) is 8.57. The first-order valence-electron chi connectivity index (χ1n) is 8.42. The largest absolute Gasteiger partial charge is 0.416 e. The minimum atomic E-state index is -4.99. The van der Waals surface area contributed by atoms with E-state index in [1.54, 1.807) is 0 Å². The number of carbonyl (C=O) groups excluding carboxylic acids is 1. The molecule has 0 unspecified atom stereocenters. The van der Waals surface area contributed by atoms with E-state index >= 15 is 0 Å². The summed E-state index contributed by atoms with van der Waals surface area (Å²) in [5.74, 6) is -0.893. The molecule has 8 nitrogen and oxygen atoms in total. The number of halogens is 6. The Kier molecular flexibility index (Phi) is 6.08.